The second kappa shape index (κ2) is 5.85. The fraction of sp³-hybridized carbons (Fsp3) is 0.133. The van der Waals surface area contributed by atoms with E-state index in [4.69, 9.17) is 5.26 Å². The van der Waals surface area contributed by atoms with Gasteiger partial charge in [0, 0.05) is 30.9 Å². The van der Waals surface area contributed by atoms with Crippen LogP contribution >= 0.6 is 0 Å². The zero-order valence-electron chi connectivity index (χ0n) is 11.0. The Morgan fingerprint density at radius 3 is 2.70 bits per heavy atom. The van der Waals surface area contributed by atoms with Gasteiger partial charge < -0.3 is 4.90 Å². The van der Waals surface area contributed by atoms with Gasteiger partial charge in [-0.05, 0) is 18.2 Å². The van der Waals surface area contributed by atoms with Gasteiger partial charge in [-0.2, -0.15) is 5.26 Å². The zero-order chi connectivity index (χ0) is 14.5. The minimum atomic E-state index is -0.380. The quantitative estimate of drug-likeness (QED) is 0.630. The Morgan fingerprint density at radius 1 is 1.25 bits per heavy atom. The molecule has 0 heterocycles. The predicted molar refractivity (Wildman–Crippen MR) is 76.4 cm³/mol. The van der Waals surface area contributed by atoms with Crippen LogP contribution in [0.25, 0.3) is 0 Å². The minimum absolute atomic E-state index is 0.107. The highest BCUT2D eigenvalue weighted by molar-refractivity contribution is 5.52. The molecule has 0 aromatic heterocycles. The molecule has 0 bridgehead atoms. The number of anilines is 1. The van der Waals surface area contributed by atoms with E-state index in [1.165, 1.54) is 6.07 Å². The molecule has 0 unspecified atom stereocenters. The van der Waals surface area contributed by atoms with E-state index in [-0.39, 0.29) is 10.6 Å². The summed E-state index contributed by atoms with van der Waals surface area (Å²) in [7, 11) is 1.84. The highest BCUT2D eigenvalue weighted by Crippen LogP contribution is 2.22. The molecule has 0 saturated heterocycles. The molecule has 0 amide bonds. The summed E-state index contributed by atoms with van der Waals surface area (Å²) in [4.78, 5) is 12.5. The molecule has 0 saturated carbocycles. The molecular formula is C15H13N3O2. The number of nitro groups is 1. The molecule has 0 atom stereocenters. The lowest BCUT2D eigenvalue weighted by Crippen LogP contribution is -2.17. The third kappa shape index (κ3) is 2.93. The first-order valence-electron chi connectivity index (χ1n) is 6.05. The number of nitrogens with zero attached hydrogens (tertiary/aromatic N) is 3. The maximum absolute atomic E-state index is 11.0. The van der Waals surface area contributed by atoms with Crippen molar-refractivity contribution in [1.29, 1.82) is 5.26 Å². The molecule has 5 nitrogen and oxygen atoms in total. The molecule has 0 fully saturated rings. The number of hydrogen-bond acceptors (Lipinski definition) is 4. The van der Waals surface area contributed by atoms with E-state index in [0.29, 0.717) is 17.7 Å². The lowest BCUT2D eigenvalue weighted by atomic mass is 10.1. The summed E-state index contributed by atoms with van der Waals surface area (Å²) in [5.74, 6) is 0. The van der Waals surface area contributed by atoms with Gasteiger partial charge in [-0.1, -0.05) is 24.3 Å². The van der Waals surface area contributed by atoms with Crippen LogP contribution in [0.4, 0.5) is 11.4 Å². The molecule has 0 aliphatic heterocycles. The van der Waals surface area contributed by atoms with E-state index in [1.807, 2.05) is 18.0 Å². The summed E-state index contributed by atoms with van der Waals surface area (Å²) in [5.41, 5.74) is 2.16. The van der Waals surface area contributed by atoms with Crippen molar-refractivity contribution >= 4 is 11.4 Å². The van der Waals surface area contributed by atoms with Crippen LogP contribution < -0.4 is 4.90 Å². The summed E-state index contributed by atoms with van der Waals surface area (Å²) in [5, 5.41) is 19.9. The Morgan fingerprint density at radius 2 is 2.00 bits per heavy atom. The van der Waals surface area contributed by atoms with Gasteiger partial charge in [0.2, 0.25) is 0 Å². The Bertz CT molecular complexity index is 677. The van der Waals surface area contributed by atoms with E-state index in [2.05, 4.69) is 6.07 Å². The Balaban J connectivity index is 2.26. The molecule has 2 aromatic rings. The van der Waals surface area contributed by atoms with Crippen molar-refractivity contribution in [2.45, 2.75) is 6.54 Å². The molecular weight excluding hydrogens is 254 g/mol. The van der Waals surface area contributed by atoms with Gasteiger partial charge in [0.25, 0.3) is 5.69 Å². The number of nitriles is 1. The normalized spacial score (nSPS) is 9.80. The molecule has 0 radical (unpaired) electrons. The van der Waals surface area contributed by atoms with Gasteiger partial charge in [-0.3, -0.25) is 10.1 Å². The molecule has 2 aromatic carbocycles. The summed E-state index contributed by atoms with van der Waals surface area (Å²) < 4.78 is 0. The van der Waals surface area contributed by atoms with E-state index >= 15 is 0 Å². The SMILES string of the molecule is CN(Cc1ccccc1[N+](=O)[O-])c1cccc(C#N)c1. The van der Waals surface area contributed by atoms with Gasteiger partial charge in [0.05, 0.1) is 16.6 Å². The second-order valence-electron chi connectivity index (χ2n) is 4.40. The van der Waals surface area contributed by atoms with Crippen LogP contribution in [0.5, 0.6) is 0 Å². The molecule has 0 aliphatic rings. The van der Waals surface area contributed by atoms with E-state index in [9.17, 15) is 10.1 Å². The van der Waals surface area contributed by atoms with Crippen LogP contribution in [0, 0.1) is 21.4 Å². The van der Waals surface area contributed by atoms with Crippen molar-refractivity contribution in [2.75, 3.05) is 11.9 Å². The Labute approximate surface area is 116 Å². The summed E-state index contributed by atoms with van der Waals surface area (Å²) in [6.07, 6.45) is 0. The van der Waals surface area contributed by atoms with Crippen molar-refractivity contribution in [3.8, 4) is 6.07 Å². The topological polar surface area (TPSA) is 70.2 Å². The van der Waals surface area contributed by atoms with Crippen LogP contribution in [-0.2, 0) is 6.54 Å². The Kier molecular flexibility index (Phi) is 3.96. The first-order chi connectivity index (χ1) is 9.61. The fourth-order valence-corrected chi connectivity index (χ4v) is 1.98. The third-order valence-electron chi connectivity index (χ3n) is 3.01. The molecule has 100 valence electrons. The van der Waals surface area contributed by atoms with Gasteiger partial charge in [0.1, 0.15) is 0 Å². The summed E-state index contributed by atoms with van der Waals surface area (Å²) >= 11 is 0. The smallest absolute Gasteiger partial charge is 0.274 e. The lowest BCUT2D eigenvalue weighted by Gasteiger charge is -2.19. The maximum Gasteiger partial charge on any atom is 0.274 e. The van der Waals surface area contributed by atoms with E-state index < -0.39 is 0 Å². The molecule has 0 spiro atoms. The van der Waals surface area contributed by atoms with Crippen molar-refractivity contribution in [1.82, 2.24) is 0 Å². The lowest BCUT2D eigenvalue weighted by molar-refractivity contribution is -0.385. The minimum Gasteiger partial charge on any atom is -0.370 e. The highest BCUT2D eigenvalue weighted by atomic mass is 16.6. The van der Waals surface area contributed by atoms with E-state index in [1.54, 1.807) is 36.4 Å². The first-order valence-corrected chi connectivity index (χ1v) is 6.05. The van der Waals surface area contributed by atoms with Crippen LogP contribution in [0.3, 0.4) is 0 Å². The number of benzene rings is 2. The van der Waals surface area contributed by atoms with Crippen LogP contribution in [0.1, 0.15) is 11.1 Å². The number of nitro benzene ring substituents is 1. The highest BCUT2D eigenvalue weighted by Gasteiger charge is 2.14. The second-order valence-corrected chi connectivity index (χ2v) is 4.40. The zero-order valence-corrected chi connectivity index (χ0v) is 11.0. The summed E-state index contributed by atoms with van der Waals surface area (Å²) in [6.45, 7) is 0.409. The fourth-order valence-electron chi connectivity index (χ4n) is 1.98. The van der Waals surface area contributed by atoms with Gasteiger partial charge >= 0.3 is 0 Å². The monoisotopic (exact) mass is 267 g/mol. The first kappa shape index (κ1) is 13.6. The van der Waals surface area contributed by atoms with Crippen LogP contribution in [-0.4, -0.2) is 12.0 Å². The van der Waals surface area contributed by atoms with Crippen molar-refractivity contribution in [3.63, 3.8) is 0 Å². The van der Waals surface area contributed by atoms with Gasteiger partial charge in [-0.25, -0.2) is 0 Å². The average Bonchev–Trinajstić information content (AvgIpc) is 2.47. The number of hydrogen-bond donors (Lipinski definition) is 0. The predicted octanol–water partition coefficient (Wildman–Crippen LogP) is 3.10. The molecule has 5 heteroatoms. The van der Waals surface area contributed by atoms with Crippen molar-refractivity contribution in [3.05, 3.63) is 69.8 Å². The Hall–Kier alpha value is -2.87. The van der Waals surface area contributed by atoms with Gasteiger partial charge in [-0.15, -0.1) is 0 Å². The molecule has 2 rings (SSSR count). The number of para-hydroxylation sites is 1. The van der Waals surface area contributed by atoms with Crippen molar-refractivity contribution in [2.24, 2.45) is 0 Å². The average molecular weight is 267 g/mol. The molecule has 0 N–H and O–H groups in total. The molecule has 0 aliphatic carbocycles. The van der Waals surface area contributed by atoms with Crippen LogP contribution in [0.15, 0.2) is 48.5 Å². The maximum atomic E-state index is 11.0. The van der Waals surface area contributed by atoms with E-state index in [0.717, 1.165) is 5.69 Å². The van der Waals surface area contributed by atoms with Crippen LogP contribution in [0.2, 0.25) is 0 Å². The standard InChI is InChI=1S/C15H13N3O2/c1-17(14-7-4-5-12(9-14)10-16)11-13-6-2-3-8-15(13)18(19)20/h2-9H,11H2,1H3. The third-order valence-corrected chi connectivity index (χ3v) is 3.01. The molecule has 20 heavy (non-hydrogen) atoms. The largest absolute Gasteiger partial charge is 0.370 e. The van der Waals surface area contributed by atoms with Gasteiger partial charge in [0.15, 0.2) is 0 Å². The van der Waals surface area contributed by atoms with Crippen molar-refractivity contribution < 1.29 is 4.92 Å². The number of rotatable bonds is 4. The summed E-state index contributed by atoms with van der Waals surface area (Å²) in [6, 6.07) is 15.9.